The first kappa shape index (κ1) is 20.4. The van der Waals surface area contributed by atoms with E-state index in [-0.39, 0.29) is 6.54 Å². The van der Waals surface area contributed by atoms with Crippen LogP contribution < -0.4 is 0 Å². The van der Waals surface area contributed by atoms with Crippen molar-refractivity contribution < 1.29 is 19.5 Å². The van der Waals surface area contributed by atoms with E-state index in [1.165, 1.54) is 38.5 Å². The molecule has 21 heavy (non-hydrogen) atoms. The Bertz CT molecular complexity index is 288. The molecular weight excluding hydrogens is 266 g/mol. The van der Waals surface area contributed by atoms with E-state index in [4.69, 9.17) is 5.11 Å². The summed E-state index contributed by atoms with van der Waals surface area (Å²) in [6, 6.07) is 0. The summed E-state index contributed by atoms with van der Waals surface area (Å²) in [4.78, 5) is 10.8. The average Bonchev–Trinajstić information content (AvgIpc) is 2.29. The summed E-state index contributed by atoms with van der Waals surface area (Å²) in [5, 5.41) is 19.3. The van der Waals surface area contributed by atoms with Crippen molar-refractivity contribution in [3.8, 4) is 0 Å². The van der Waals surface area contributed by atoms with Gasteiger partial charge in [0.05, 0.1) is 14.1 Å². The van der Waals surface area contributed by atoms with E-state index in [9.17, 15) is 9.90 Å². The second-order valence-corrected chi connectivity index (χ2v) is 7.37. The van der Waals surface area contributed by atoms with Crippen molar-refractivity contribution in [2.45, 2.75) is 77.2 Å². The summed E-state index contributed by atoms with van der Waals surface area (Å²) >= 11 is 0. The minimum Gasteiger partial charge on any atom is -0.477 e. The zero-order valence-electron chi connectivity index (χ0n) is 14.5. The lowest BCUT2D eigenvalue weighted by Gasteiger charge is -2.35. The number of carboxylic acids is 1. The second kappa shape index (κ2) is 10.2. The summed E-state index contributed by atoms with van der Waals surface area (Å²) in [5.74, 6) is -0.817. The van der Waals surface area contributed by atoms with Crippen LogP contribution >= 0.6 is 0 Å². The summed E-state index contributed by atoms with van der Waals surface area (Å²) in [7, 11) is 3.71. The van der Waals surface area contributed by atoms with Gasteiger partial charge in [0.1, 0.15) is 12.1 Å². The first-order valence-corrected chi connectivity index (χ1v) is 8.45. The zero-order valence-corrected chi connectivity index (χ0v) is 14.5. The Balaban J connectivity index is 3.79. The maximum atomic E-state index is 10.8. The molecule has 0 amide bonds. The molecule has 2 N–H and O–H groups in total. The Labute approximate surface area is 130 Å². The molecule has 0 aromatic rings. The second-order valence-electron chi connectivity index (χ2n) is 7.37. The van der Waals surface area contributed by atoms with Crippen molar-refractivity contribution >= 4 is 5.97 Å². The molecule has 0 aromatic carbocycles. The van der Waals surface area contributed by atoms with Crippen LogP contribution in [0.3, 0.4) is 0 Å². The fourth-order valence-electron chi connectivity index (χ4n) is 3.06. The molecule has 0 saturated heterocycles. The standard InChI is InChI=1S/C17H35NO3/c1-5-6-7-8-9-10-11-12-13-17(2,21)15-18(3,4)14-16(19)20/h21H,5-15H2,1-4H3/p+1. The van der Waals surface area contributed by atoms with Crippen LogP contribution in [0.2, 0.25) is 0 Å². The normalized spacial score (nSPS) is 14.9. The highest BCUT2D eigenvalue weighted by Crippen LogP contribution is 2.19. The molecule has 0 aliphatic carbocycles. The van der Waals surface area contributed by atoms with Gasteiger partial charge >= 0.3 is 5.97 Å². The quantitative estimate of drug-likeness (QED) is 0.405. The minimum absolute atomic E-state index is 0.0492. The van der Waals surface area contributed by atoms with E-state index in [2.05, 4.69) is 6.92 Å². The number of aliphatic carboxylic acids is 1. The smallest absolute Gasteiger partial charge is 0.359 e. The molecule has 4 nitrogen and oxygen atoms in total. The number of carboxylic acid groups (broad SMARTS) is 1. The number of hydrogen-bond acceptors (Lipinski definition) is 2. The SMILES string of the molecule is CCCCCCCCCCC(C)(O)C[N+](C)(C)CC(=O)O. The highest BCUT2D eigenvalue weighted by atomic mass is 16.4. The number of aliphatic hydroxyl groups is 1. The molecule has 0 spiro atoms. The molecule has 0 heterocycles. The molecule has 126 valence electrons. The van der Waals surface area contributed by atoms with Crippen LogP contribution in [-0.4, -0.2) is 53.5 Å². The van der Waals surface area contributed by atoms with Gasteiger partial charge < -0.3 is 14.7 Å². The summed E-state index contributed by atoms with van der Waals surface area (Å²) in [5.41, 5.74) is -0.777. The van der Waals surface area contributed by atoms with Crippen molar-refractivity contribution in [2.75, 3.05) is 27.2 Å². The largest absolute Gasteiger partial charge is 0.477 e. The molecule has 4 heteroatoms. The maximum absolute atomic E-state index is 10.8. The van der Waals surface area contributed by atoms with Gasteiger partial charge in [0.2, 0.25) is 0 Å². The summed E-state index contributed by atoms with van der Waals surface area (Å²) in [6.45, 7) is 4.59. The highest BCUT2D eigenvalue weighted by Gasteiger charge is 2.31. The Kier molecular flexibility index (Phi) is 9.88. The third-order valence-electron chi connectivity index (χ3n) is 3.90. The maximum Gasteiger partial charge on any atom is 0.359 e. The molecule has 0 saturated carbocycles. The lowest BCUT2D eigenvalue weighted by atomic mass is 9.96. The minimum atomic E-state index is -0.817. The number of carbonyl (C=O) groups is 1. The fourth-order valence-corrected chi connectivity index (χ4v) is 3.06. The number of unbranched alkanes of at least 4 members (excludes halogenated alkanes) is 7. The Hall–Kier alpha value is -0.610. The van der Waals surface area contributed by atoms with Crippen LogP contribution in [0.15, 0.2) is 0 Å². The molecular formula is C17H36NO3+. The fraction of sp³-hybridized carbons (Fsp3) is 0.941. The van der Waals surface area contributed by atoms with Gasteiger partial charge in [-0.1, -0.05) is 58.3 Å². The topological polar surface area (TPSA) is 57.5 Å². The first-order valence-electron chi connectivity index (χ1n) is 8.45. The van der Waals surface area contributed by atoms with Gasteiger partial charge in [-0.2, -0.15) is 0 Å². The van der Waals surface area contributed by atoms with Crippen molar-refractivity contribution in [3.63, 3.8) is 0 Å². The van der Waals surface area contributed by atoms with Gasteiger partial charge in [-0.25, -0.2) is 4.79 Å². The molecule has 0 aliphatic heterocycles. The van der Waals surface area contributed by atoms with Gasteiger partial charge in [-0.3, -0.25) is 0 Å². The average molecular weight is 302 g/mol. The van der Waals surface area contributed by atoms with E-state index in [0.29, 0.717) is 11.0 Å². The highest BCUT2D eigenvalue weighted by molar-refractivity contribution is 5.67. The van der Waals surface area contributed by atoms with E-state index in [1.807, 2.05) is 21.0 Å². The molecule has 0 bridgehead atoms. The predicted molar refractivity (Wildman–Crippen MR) is 87.3 cm³/mol. The summed E-state index contributed by atoms with van der Waals surface area (Å²) in [6.07, 6.45) is 10.8. The number of hydrogen-bond donors (Lipinski definition) is 2. The third kappa shape index (κ3) is 12.8. The van der Waals surface area contributed by atoms with Crippen LogP contribution in [0.4, 0.5) is 0 Å². The van der Waals surface area contributed by atoms with Gasteiger partial charge in [0.25, 0.3) is 0 Å². The van der Waals surface area contributed by atoms with Gasteiger partial charge in [0.15, 0.2) is 6.54 Å². The monoisotopic (exact) mass is 302 g/mol. The van der Waals surface area contributed by atoms with Gasteiger partial charge in [-0.05, 0) is 13.3 Å². The zero-order chi connectivity index (χ0) is 16.4. The van der Waals surface area contributed by atoms with Crippen molar-refractivity contribution in [2.24, 2.45) is 0 Å². The number of rotatable bonds is 13. The number of quaternary nitrogens is 1. The Morgan fingerprint density at radius 3 is 1.95 bits per heavy atom. The molecule has 1 atom stereocenters. The van der Waals surface area contributed by atoms with Crippen LogP contribution in [0.1, 0.15) is 71.6 Å². The third-order valence-corrected chi connectivity index (χ3v) is 3.90. The Morgan fingerprint density at radius 1 is 1.00 bits per heavy atom. The lowest BCUT2D eigenvalue weighted by molar-refractivity contribution is -0.889. The van der Waals surface area contributed by atoms with Gasteiger partial charge in [-0.15, -0.1) is 0 Å². The van der Waals surface area contributed by atoms with Crippen molar-refractivity contribution in [3.05, 3.63) is 0 Å². The molecule has 0 rings (SSSR count). The van der Waals surface area contributed by atoms with E-state index in [1.54, 1.807) is 0 Å². The number of nitrogens with zero attached hydrogens (tertiary/aromatic N) is 1. The Morgan fingerprint density at radius 2 is 1.48 bits per heavy atom. The predicted octanol–water partition coefficient (Wildman–Crippen LogP) is 3.43. The van der Waals surface area contributed by atoms with Crippen LogP contribution in [0.25, 0.3) is 0 Å². The van der Waals surface area contributed by atoms with E-state index < -0.39 is 11.6 Å². The first-order chi connectivity index (χ1) is 9.68. The van der Waals surface area contributed by atoms with Crippen molar-refractivity contribution in [1.29, 1.82) is 0 Å². The molecule has 0 fully saturated rings. The molecule has 0 aromatic heterocycles. The van der Waals surface area contributed by atoms with Gasteiger partial charge in [0, 0.05) is 0 Å². The van der Waals surface area contributed by atoms with Crippen molar-refractivity contribution in [1.82, 2.24) is 0 Å². The number of likely N-dealkylation sites (N-methyl/N-ethyl adjacent to an activating group) is 1. The molecule has 1 unspecified atom stereocenters. The summed E-state index contributed by atoms with van der Waals surface area (Å²) < 4.78 is 0.319. The van der Waals surface area contributed by atoms with Crippen LogP contribution in [-0.2, 0) is 4.79 Å². The molecule has 0 aliphatic rings. The van der Waals surface area contributed by atoms with Crippen LogP contribution in [0, 0.1) is 0 Å². The molecule has 0 radical (unpaired) electrons. The van der Waals surface area contributed by atoms with E-state index >= 15 is 0 Å². The lowest BCUT2D eigenvalue weighted by Crippen LogP contribution is -2.52. The van der Waals surface area contributed by atoms with E-state index in [0.717, 1.165) is 19.3 Å². The van der Waals surface area contributed by atoms with Crippen LogP contribution in [0.5, 0.6) is 0 Å².